The summed E-state index contributed by atoms with van der Waals surface area (Å²) in [6, 6.07) is 13.3. The number of hydrogen-bond acceptors (Lipinski definition) is 5. The number of carbonyl (C=O) groups is 1. The molecule has 5 rings (SSSR count). The van der Waals surface area contributed by atoms with Crippen LogP contribution < -0.4 is 10.5 Å². The molecule has 7 nitrogen and oxygen atoms in total. The van der Waals surface area contributed by atoms with Gasteiger partial charge in [-0.2, -0.15) is 0 Å². The second-order valence-electron chi connectivity index (χ2n) is 9.49. The van der Waals surface area contributed by atoms with Crippen molar-refractivity contribution in [2.45, 2.75) is 39.0 Å². The van der Waals surface area contributed by atoms with Crippen molar-refractivity contribution in [2.24, 2.45) is 11.3 Å². The zero-order valence-electron chi connectivity index (χ0n) is 19.6. The molecule has 8 heteroatoms. The molecule has 2 aromatic carbocycles. The van der Waals surface area contributed by atoms with Crippen LogP contribution in [0.5, 0.6) is 11.5 Å². The molecule has 3 N–H and O–H groups in total. The lowest BCUT2D eigenvalue weighted by molar-refractivity contribution is -0.151. The number of halogens is 1. The lowest BCUT2D eigenvalue weighted by Crippen LogP contribution is -2.33. The predicted octanol–water partition coefficient (Wildman–Crippen LogP) is 5.90. The molecule has 2 aromatic heterocycles. The van der Waals surface area contributed by atoms with Crippen LogP contribution in [0.25, 0.3) is 16.8 Å². The number of nitrogen functional groups attached to an aromatic ring is 1. The van der Waals surface area contributed by atoms with Gasteiger partial charge in [-0.1, -0.05) is 19.9 Å². The standard InChI is InChI=1S/C27H27FN4O3/c1-16(2)27(26(33)34)11-10-18(15-27)25-31-22(23-24(29)30-12-13-32(23)25)17-6-8-20(9-7-17)35-21-5-3-4-19(28)14-21/h3-9,12-14,16,18H,10-11,15H2,1-2H3,(H2,29,30)(H,33,34)/t18-,27+/m0/s1. The van der Waals surface area contributed by atoms with Crippen LogP contribution in [0.1, 0.15) is 44.9 Å². The molecule has 0 radical (unpaired) electrons. The molecule has 0 amide bonds. The molecular formula is C27H27FN4O3. The first kappa shape index (κ1) is 22.8. The molecule has 0 saturated heterocycles. The van der Waals surface area contributed by atoms with E-state index in [9.17, 15) is 14.3 Å². The molecule has 0 spiro atoms. The van der Waals surface area contributed by atoms with Crippen molar-refractivity contribution in [2.75, 3.05) is 5.73 Å². The second-order valence-corrected chi connectivity index (χ2v) is 9.49. The van der Waals surface area contributed by atoms with Crippen molar-refractivity contribution in [3.05, 3.63) is 72.6 Å². The number of imidazole rings is 1. The quantitative estimate of drug-likeness (QED) is 0.360. The number of fused-ring (bicyclic) bond motifs is 1. The molecule has 1 fully saturated rings. The van der Waals surface area contributed by atoms with Gasteiger partial charge < -0.3 is 15.6 Å². The van der Waals surface area contributed by atoms with Crippen LogP contribution in [0.15, 0.2) is 60.9 Å². The van der Waals surface area contributed by atoms with Crippen molar-refractivity contribution in [1.82, 2.24) is 14.4 Å². The Bertz CT molecular complexity index is 1400. The molecule has 1 aliphatic rings. The molecule has 4 aromatic rings. The monoisotopic (exact) mass is 474 g/mol. The summed E-state index contributed by atoms with van der Waals surface area (Å²) < 4.78 is 21.2. The van der Waals surface area contributed by atoms with E-state index in [1.54, 1.807) is 30.5 Å². The first-order chi connectivity index (χ1) is 16.8. The van der Waals surface area contributed by atoms with Gasteiger partial charge in [-0.3, -0.25) is 9.20 Å². The van der Waals surface area contributed by atoms with Crippen LogP contribution in [0.4, 0.5) is 10.2 Å². The highest BCUT2D eigenvalue weighted by molar-refractivity contribution is 5.85. The summed E-state index contributed by atoms with van der Waals surface area (Å²) >= 11 is 0. The summed E-state index contributed by atoms with van der Waals surface area (Å²) in [7, 11) is 0. The van der Waals surface area contributed by atoms with E-state index in [1.807, 2.05) is 36.6 Å². The Labute approximate surface area is 202 Å². The first-order valence-corrected chi connectivity index (χ1v) is 11.7. The maximum absolute atomic E-state index is 13.5. The Morgan fingerprint density at radius 1 is 1.23 bits per heavy atom. The number of hydrogen-bond donors (Lipinski definition) is 2. The summed E-state index contributed by atoms with van der Waals surface area (Å²) in [6.07, 6.45) is 5.35. The predicted molar refractivity (Wildman–Crippen MR) is 131 cm³/mol. The van der Waals surface area contributed by atoms with Crippen LogP contribution in [0.2, 0.25) is 0 Å². The smallest absolute Gasteiger partial charge is 0.309 e. The van der Waals surface area contributed by atoms with Crippen LogP contribution >= 0.6 is 0 Å². The Hall–Kier alpha value is -3.94. The summed E-state index contributed by atoms with van der Waals surface area (Å²) in [5, 5.41) is 10.00. The highest BCUT2D eigenvalue weighted by atomic mass is 19.1. The zero-order valence-corrected chi connectivity index (χ0v) is 19.6. The lowest BCUT2D eigenvalue weighted by atomic mass is 9.75. The molecule has 1 saturated carbocycles. The van der Waals surface area contributed by atoms with Gasteiger partial charge in [0, 0.05) is 29.9 Å². The lowest BCUT2D eigenvalue weighted by Gasteiger charge is -2.28. The van der Waals surface area contributed by atoms with Crippen molar-refractivity contribution in [3.63, 3.8) is 0 Å². The Morgan fingerprint density at radius 2 is 2.00 bits per heavy atom. The van der Waals surface area contributed by atoms with E-state index in [1.165, 1.54) is 12.1 Å². The Balaban J connectivity index is 1.51. The van der Waals surface area contributed by atoms with Gasteiger partial charge in [0.15, 0.2) is 0 Å². The molecule has 2 heterocycles. The number of carboxylic acids is 1. The van der Waals surface area contributed by atoms with Gasteiger partial charge in [0.1, 0.15) is 40.2 Å². The number of aliphatic carboxylic acids is 1. The van der Waals surface area contributed by atoms with E-state index in [2.05, 4.69) is 4.98 Å². The minimum absolute atomic E-state index is 0.00728. The van der Waals surface area contributed by atoms with Gasteiger partial charge in [0.05, 0.1) is 5.41 Å². The van der Waals surface area contributed by atoms with E-state index in [0.29, 0.717) is 41.4 Å². The maximum atomic E-state index is 13.5. The number of carboxylic acid groups (broad SMARTS) is 1. The van der Waals surface area contributed by atoms with Crippen molar-refractivity contribution in [1.29, 1.82) is 0 Å². The maximum Gasteiger partial charge on any atom is 0.309 e. The van der Waals surface area contributed by atoms with Crippen LogP contribution in [-0.4, -0.2) is 25.4 Å². The first-order valence-electron chi connectivity index (χ1n) is 11.7. The summed E-state index contributed by atoms with van der Waals surface area (Å²) in [5.74, 6) is 1.03. The molecule has 0 bridgehead atoms. The highest BCUT2D eigenvalue weighted by Crippen LogP contribution is 2.51. The van der Waals surface area contributed by atoms with Gasteiger partial charge in [0.2, 0.25) is 0 Å². The highest BCUT2D eigenvalue weighted by Gasteiger charge is 2.49. The number of nitrogens with two attached hydrogens (primary N) is 1. The second kappa shape index (κ2) is 8.69. The minimum atomic E-state index is -0.759. The summed E-state index contributed by atoms with van der Waals surface area (Å²) in [5.41, 5.74) is 7.72. The third-order valence-electron chi connectivity index (χ3n) is 7.22. The molecule has 0 aliphatic heterocycles. The number of aromatic nitrogens is 3. The van der Waals surface area contributed by atoms with Crippen LogP contribution in [0, 0.1) is 17.2 Å². The minimum Gasteiger partial charge on any atom is -0.481 e. The fraction of sp³-hybridized carbons (Fsp3) is 0.296. The van der Waals surface area contributed by atoms with E-state index in [-0.39, 0.29) is 17.7 Å². The van der Waals surface area contributed by atoms with Crippen molar-refractivity contribution >= 4 is 17.3 Å². The number of nitrogens with zero attached hydrogens (tertiary/aromatic N) is 3. The van der Waals surface area contributed by atoms with Crippen LogP contribution in [0.3, 0.4) is 0 Å². The fourth-order valence-electron chi connectivity index (χ4n) is 5.19. The molecular weight excluding hydrogens is 447 g/mol. The molecule has 180 valence electrons. The van der Waals surface area contributed by atoms with Crippen molar-refractivity contribution in [3.8, 4) is 22.8 Å². The van der Waals surface area contributed by atoms with E-state index >= 15 is 0 Å². The van der Waals surface area contributed by atoms with Gasteiger partial charge in [-0.25, -0.2) is 14.4 Å². The SMILES string of the molecule is CC(C)[C@@]1(C(=O)O)CC[C@H](c2nc(-c3ccc(Oc4cccc(F)c4)cc3)c3c(N)nccn23)C1. The van der Waals surface area contributed by atoms with Gasteiger partial charge in [-0.05, 0) is 61.6 Å². The molecule has 1 aliphatic carbocycles. The third kappa shape index (κ3) is 3.99. The number of benzene rings is 2. The normalized spacial score (nSPS) is 19.9. The molecule has 35 heavy (non-hydrogen) atoms. The third-order valence-corrected chi connectivity index (χ3v) is 7.22. The topological polar surface area (TPSA) is 103 Å². The van der Waals surface area contributed by atoms with Crippen LogP contribution in [-0.2, 0) is 4.79 Å². The molecule has 2 atom stereocenters. The number of ether oxygens (including phenoxy) is 1. The fourth-order valence-corrected chi connectivity index (χ4v) is 5.19. The average Bonchev–Trinajstić information content (AvgIpc) is 3.44. The Morgan fingerprint density at radius 3 is 2.66 bits per heavy atom. The van der Waals surface area contributed by atoms with E-state index < -0.39 is 11.4 Å². The molecule has 0 unspecified atom stereocenters. The van der Waals surface area contributed by atoms with Gasteiger partial charge >= 0.3 is 5.97 Å². The average molecular weight is 475 g/mol. The van der Waals surface area contributed by atoms with E-state index in [4.69, 9.17) is 15.5 Å². The van der Waals surface area contributed by atoms with Gasteiger partial charge in [-0.15, -0.1) is 0 Å². The summed E-state index contributed by atoms with van der Waals surface area (Å²) in [4.78, 5) is 21.4. The van der Waals surface area contributed by atoms with Crippen molar-refractivity contribution < 1.29 is 19.0 Å². The Kier molecular flexibility index (Phi) is 5.67. The number of rotatable bonds is 6. The van der Waals surface area contributed by atoms with E-state index in [0.717, 1.165) is 17.8 Å². The number of anilines is 1. The van der Waals surface area contributed by atoms with Gasteiger partial charge in [0.25, 0.3) is 0 Å². The zero-order chi connectivity index (χ0) is 24.7. The largest absolute Gasteiger partial charge is 0.481 e. The summed E-state index contributed by atoms with van der Waals surface area (Å²) in [6.45, 7) is 3.95.